The number of carbonyl (C=O) groups is 1. The molecule has 0 heterocycles. The summed E-state index contributed by atoms with van der Waals surface area (Å²) in [6.07, 6.45) is 0. The maximum absolute atomic E-state index is 11.7. The molecule has 0 aliphatic carbocycles. The minimum absolute atomic E-state index is 0.0567. The highest BCUT2D eigenvalue weighted by Gasteiger charge is 2.11. The van der Waals surface area contributed by atoms with Gasteiger partial charge in [-0.2, -0.15) is 0 Å². The Morgan fingerprint density at radius 2 is 2.00 bits per heavy atom. The first-order valence-electron chi connectivity index (χ1n) is 4.49. The third kappa shape index (κ3) is 1.71. The largest absolute Gasteiger partial charge is 0.872 e. The molecular formula is C11H13O3-. The molecule has 0 aliphatic heterocycles. The van der Waals surface area contributed by atoms with E-state index in [4.69, 9.17) is 5.11 Å². The van der Waals surface area contributed by atoms with Gasteiger partial charge in [0.05, 0.1) is 5.56 Å². The van der Waals surface area contributed by atoms with Crippen LogP contribution in [0.1, 0.15) is 41.3 Å². The summed E-state index contributed by atoms with van der Waals surface area (Å²) < 4.78 is 0. The summed E-state index contributed by atoms with van der Waals surface area (Å²) in [6, 6.07) is 3.38. The lowest BCUT2D eigenvalue weighted by atomic mass is 9.96. The van der Waals surface area contributed by atoms with Crippen molar-refractivity contribution in [1.82, 2.24) is 0 Å². The second-order valence-electron chi connectivity index (χ2n) is 3.64. The molecule has 0 spiro atoms. The summed E-state index contributed by atoms with van der Waals surface area (Å²) in [5, 5.41) is 20.5. The highest BCUT2D eigenvalue weighted by Crippen LogP contribution is 2.28. The van der Waals surface area contributed by atoms with Crippen LogP contribution in [-0.2, 0) is 0 Å². The van der Waals surface area contributed by atoms with E-state index in [9.17, 15) is 9.90 Å². The van der Waals surface area contributed by atoms with Crippen LogP contribution >= 0.6 is 0 Å². The molecule has 0 aromatic heterocycles. The van der Waals surface area contributed by atoms with E-state index in [1.165, 1.54) is 0 Å². The minimum Gasteiger partial charge on any atom is -0.872 e. The summed E-state index contributed by atoms with van der Waals surface area (Å²) in [5.41, 5.74) is 0.983. The highest BCUT2D eigenvalue weighted by molar-refractivity contribution is 5.92. The van der Waals surface area contributed by atoms with Crippen molar-refractivity contribution >= 4 is 5.97 Å². The molecule has 0 unspecified atom stereocenters. The number of benzene rings is 1. The fourth-order valence-corrected chi connectivity index (χ4v) is 1.42. The number of rotatable bonds is 2. The third-order valence-corrected chi connectivity index (χ3v) is 2.23. The Morgan fingerprint density at radius 1 is 1.43 bits per heavy atom. The van der Waals surface area contributed by atoms with Crippen molar-refractivity contribution in [2.24, 2.45) is 0 Å². The molecule has 3 heteroatoms. The molecule has 1 N–H and O–H groups in total. The summed E-state index contributed by atoms with van der Waals surface area (Å²) in [5.74, 6) is -1.44. The molecule has 1 aromatic rings. The van der Waals surface area contributed by atoms with Crippen LogP contribution in [0.3, 0.4) is 0 Å². The second kappa shape index (κ2) is 3.70. The monoisotopic (exact) mass is 193 g/mol. The molecule has 0 bridgehead atoms. The molecule has 0 amide bonds. The minimum atomic E-state index is -1.14. The smallest absolute Gasteiger partial charge is 0.335 e. The van der Waals surface area contributed by atoms with E-state index in [0.29, 0.717) is 11.1 Å². The molecule has 1 aromatic carbocycles. The maximum Gasteiger partial charge on any atom is 0.335 e. The Balaban J connectivity index is 3.41. The molecule has 0 radical (unpaired) electrons. The predicted octanol–water partition coefficient (Wildman–Crippen LogP) is 1.89. The molecule has 0 saturated carbocycles. The second-order valence-corrected chi connectivity index (χ2v) is 3.64. The van der Waals surface area contributed by atoms with Crippen molar-refractivity contribution in [3.63, 3.8) is 0 Å². The van der Waals surface area contributed by atoms with Crippen LogP contribution in [0.15, 0.2) is 12.1 Å². The van der Waals surface area contributed by atoms with E-state index in [1.807, 2.05) is 13.8 Å². The first-order valence-corrected chi connectivity index (χ1v) is 4.49. The predicted molar refractivity (Wildman–Crippen MR) is 51.7 cm³/mol. The Kier molecular flexibility index (Phi) is 2.79. The van der Waals surface area contributed by atoms with Crippen molar-refractivity contribution in [2.45, 2.75) is 26.7 Å². The zero-order valence-electron chi connectivity index (χ0n) is 8.50. The molecule has 0 saturated heterocycles. The Hall–Kier alpha value is -1.51. The SMILES string of the molecule is Cc1ccc(C(C)C)c([O-])c1C(=O)O. The average Bonchev–Trinajstić information content (AvgIpc) is 2.02. The molecule has 76 valence electrons. The third-order valence-electron chi connectivity index (χ3n) is 2.23. The van der Waals surface area contributed by atoms with Crippen LogP contribution in [0.25, 0.3) is 0 Å². The van der Waals surface area contributed by atoms with Crippen molar-refractivity contribution in [3.8, 4) is 5.75 Å². The van der Waals surface area contributed by atoms with Crippen LogP contribution < -0.4 is 5.11 Å². The number of hydrogen-bond acceptors (Lipinski definition) is 2. The van der Waals surface area contributed by atoms with Crippen LogP contribution in [0.2, 0.25) is 0 Å². The molecule has 0 atom stereocenters. The summed E-state index contributed by atoms with van der Waals surface area (Å²) >= 11 is 0. The van der Waals surface area contributed by atoms with Gasteiger partial charge in [0, 0.05) is 0 Å². The van der Waals surface area contributed by atoms with Gasteiger partial charge in [0.25, 0.3) is 0 Å². The van der Waals surface area contributed by atoms with Gasteiger partial charge in [0.1, 0.15) is 0 Å². The van der Waals surface area contributed by atoms with Gasteiger partial charge in [-0.3, -0.25) is 0 Å². The number of carboxylic acid groups (broad SMARTS) is 1. The molecule has 0 aliphatic rings. The Bertz CT molecular complexity index is 367. The standard InChI is InChI=1S/C11H14O3/c1-6(2)8-5-4-7(3)9(10(8)12)11(13)14/h4-6,12H,1-3H3,(H,13,14)/p-1. The topological polar surface area (TPSA) is 60.4 Å². The first kappa shape index (κ1) is 10.6. The lowest BCUT2D eigenvalue weighted by Crippen LogP contribution is -2.09. The van der Waals surface area contributed by atoms with Gasteiger partial charge >= 0.3 is 5.97 Å². The molecule has 14 heavy (non-hydrogen) atoms. The maximum atomic E-state index is 11.7. The first-order chi connectivity index (χ1) is 6.45. The van der Waals surface area contributed by atoms with Gasteiger partial charge in [-0.1, -0.05) is 37.3 Å². The van der Waals surface area contributed by atoms with E-state index in [0.717, 1.165) is 0 Å². The number of aromatic carboxylic acids is 1. The van der Waals surface area contributed by atoms with Crippen molar-refractivity contribution in [3.05, 3.63) is 28.8 Å². The lowest BCUT2D eigenvalue weighted by molar-refractivity contribution is -0.270. The Morgan fingerprint density at radius 3 is 2.43 bits per heavy atom. The number of aryl methyl sites for hydroxylation is 1. The van der Waals surface area contributed by atoms with Crippen molar-refractivity contribution in [1.29, 1.82) is 0 Å². The molecule has 3 nitrogen and oxygen atoms in total. The van der Waals surface area contributed by atoms with Crippen molar-refractivity contribution in [2.75, 3.05) is 0 Å². The Labute approximate surface area is 83.0 Å². The van der Waals surface area contributed by atoms with Gasteiger partial charge in [0.15, 0.2) is 0 Å². The van der Waals surface area contributed by atoms with Gasteiger partial charge in [-0.15, -0.1) is 0 Å². The van der Waals surface area contributed by atoms with Crippen LogP contribution in [0, 0.1) is 6.92 Å². The van der Waals surface area contributed by atoms with Crippen LogP contribution in [0.4, 0.5) is 0 Å². The zero-order valence-corrected chi connectivity index (χ0v) is 8.50. The van der Waals surface area contributed by atoms with Crippen molar-refractivity contribution < 1.29 is 15.0 Å². The van der Waals surface area contributed by atoms with Gasteiger partial charge in [-0.05, 0) is 18.4 Å². The fraction of sp³-hybridized carbons (Fsp3) is 0.364. The van der Waals surface area contributed by atoms with Gasteiger partial charge in [-0.25, -0.2) is 4.79 Å². The van der Waals surface area contributed by atoms with Crippen LogP contribution in [0.5, 0.6) is 5.75 Å². The quantitative estimate of drug-likeness (QED) is 0.780. The van der Waals surface area contributed by atoms with Crippen LogP contribution in [-0.4, -0.2) is 11.1 Å². The zero-order chi connectivity index (χ0) is 10.9. The molecule has 1 rings (SSSR count). The van der Waals surface area contributed by atoms with E-state index >= 15 is 0 Å². The van der Waals surface area contributed by atoms with E-state index in [-0.39, 0.29) is 17.2 Å². The number of hydrogen-bond donors (Lipinski definition) is 1. The molecular weight excluding hydrogens is 180 g/mol. The summed E-state index contributed by atoms with van der Waals surface area (Å²) in [4.78, 5) is 10.8. The van der Waals surface area contributed by atoms with E-state index in [2.05, 4.69) is 0 Å². The lowest BCUT2D eigenvalue weighted by Gasteiger charge is -2.20. The van der Waals surface area contributed by atoms with Gasteiger partial charge < -0.3 is 10.2 Å². The number of carboxylic acids is 1. The van der Waals surface area contributed by atoms with Gasteiger partial charge in [0.2, 0.25) is 0 Å². The average molecular weight is 193 g/mol. The molecule has 0 fully saturated rings. The van der Waals surface area contributed by atoms with E-state index < -0.39 is 5.97 Å². The normalized spacial score (nSPS) is 10.6. The summed E-state index contributed by atoms with van der Waals surface area (Å²) in [6.45, 7) is 5.38. The summed E-state index contributed by atoms with van der Waals surface area (Å²) in [7, 11) is 0. The highest BCUT2D eigenvalue weighted by atomic mass is 16.4. The fourth-order valence-electron chi connectivity index (χ4n) is 1.42. The van der Waals surface area contributed by atoms with E-state index in [1.54, 1.807) is 19.1 Å².